The Morgan fingerprint density at radius 3 is 2.22 bits per heavy atom. The molecule has 4 aliphatic heterocycles. The van der Waals surface area contributed by atoms with E-state index < -0.39 is 47.8 Å². The summed E-state index contributed by atoms with van der Waals surface area (Å²) in [6.07, 6.45) is 3.24. The maximum absolute atomic E-state index is 14.7. The van der Waals surface area contributed by atoms with Crippen molar-refractivity contribution in [3.63, 3.8) is 0 Å². The summed E-state index contributed by atoms with van der Waals surface area (Å²) in [6, 6.07) is 12.4. The fourth-order valence-corrected chi connectivity index (χ4v) is 10.8. The number of nitrogens with one attached hydrogen (secondary N) is 6. The van der Waals surface area contributed by atoms with Crippen LogP contribution in [0.2, 0.25) is 0 Å². The number of carbonyl (C=O) groups is 9. The molecule has 23 heteroatoms. The van der Waals surface area contributed by atoms with Crippen LogP contribution < -0.4 is 46.9 Å². The minimum Gasteiger partial charge on any atom is -0.409 e. The highest BCUT2D eigenvalue weighted by atomic mass is 79.9. The second-order valence-corrected chi connectivity index (χ2v) is 20.4. The van der Waals surface area contributed by atoms with Crippen molar-refractivity contribution >= 4 is 102 Å². The molecule has 0 aliphatic carbocycles. The van der Waals surface area contributed by atoms with Crippen molar-refractivity contribution in [2.75, 3.05) is 94.2 Å². The average Bonchev–Trinajstić information content (AvgIpc) is 4.22. The van der Waals surface area contributed by atoms with Crippen molar-refractivity contribution in [1.29, 1.82) is 0 Å². The van der Waals surface area contributed by atoms with Crippen LogP contribution in [0.25, 0.3) is 21.7 Å². The summed E-state index contributed by atoms with van der Waals surface area (Å²) in [7, 11) is 2.02. The van der Waals surface area contributed by atoms with Crippen LogP contribution in [0.3, 0.4) is 0 Å². The number of carbonyl (C=O) groups excluding carboxylic acids is 9. The lowest BCUT2D eigenvalue weighted by atomic mass is 9.95. The predicted octanol–water partition coefficient (Wildman–Crippen LogP) is 2.58. The van der Waals surface area contributed by atoms with E-state index in [1.165, 1.54) is 12.2 Å². The Hall–Kier alpha value is -7.37. The van der Waals surface area contributed by atoms with E-state index in [-0.39, 0.29) is 75.1 Å². The summed E-state index contributed by atoms with van der Waals surface area (Å²) in [6.45, 7) is 7.15. The Kier molecular flexibility index (Phi) is 17.7. The number of nitrogens with zero attached hydrogens (tertiary/aromatic N) is 5. The molecule has 3 aromatic carbocycles. The third kappa shape index (κ3) is 12.5. The number of imide groups is 1. The number of halogens is 1. The summed E-state index contributed by atoms with van der Waals surface area (Å²) in [5.74, 6) is -2.69. The number of urea groups is 1. The first kappa shape index (κ1) is 54.9. The van der Waals surface area contributed by atoms with E-state index >= 15 is 0 Å². The van der Waals surface area contributed by atoms with Gasteiger partial charge in [0.2, 0.25) is 23.6 Å². The number of benzene rings is 3. The number of alkyl halides is 1. The molecule has 22 nitrogen and oxygen atoms in total. The van der Waals surface area contributed by atoms with Gasteiger partial charge in [0, 0.05) is 123 Å². The molecule has 4 aliphatic rings. The van der Waals surface area contributed by atoms with Crippen LogP contribution in [0.15, 0.2) is 60.7 Å². The van der Waals surface area contributed by atoms with Gasteiger partial charge in [0.15, 0.2) is 0 Å². The van der Waals surface area contributed by atoms with E-state index in [0.29, 0.717) is 79.1 Å². The molecule has 5 heterocycles. The van der Waals surface area contributed by atoms with Gasteiger partial charge in [0.25, 0.3) is 17.7 Å². The monoisotopic (exact) mass is 1110 g/mol. The van der Waals surface area contributed by atoms with Gasteiger partial charge in [0.1, 0.15) is 17.5 Å². The van der Waals surface area contributed by atoms with Gasteiger partial charge in [-0.05, 0) is 73.4 Å². The van der Waals surface area contributed by atoms with E-state index in [1.54, 1.807) is 34.6 Å². The molecule has 0 saturated carbocycles. The Morgan fingerprint density at radius 1 is 0.816 bits per heavy atom. The topological polar surface area (TPSA) is 281 Å². The third-order valence-electron chi connectivity index (χ3n) is 14.3. The minimum absolute atomic E-state index is 0.0464. The van der Waals surface area contributed by atoms with Crippen molar-refractivity contribution in [1.82, 2.24) is 46.3 Å². The van der Waals surface area contributed by atoms with Crippen LogP contribution in [-0.2, 0) is 35.2 Å². The standard InChI is InChI=1S/C53H65BrN12O10/c1-31(2)48(59-29-44(68)57-19-18-56-43(67)11-7-20-65-45(69)14-15-46(65)70)49(71)61-38(10-6-17-58-52(55)74)50(72)64-21-16-33-36-26-39(60-37(36)12-13-40(33)64)51(73)66-30-32(28-54)47-35-9-5-4-8-34(35)42(27-41(47)66)76-53(75)63-24-22-62(3)23-25-63/h4-5,8-9,12-15,26-27,31-32,38,48,59-60H,6-7,10-11,16-25,28-30H2,1-3H3,(H,56,67)(H,57,68)(H,61,71)(H3,55,58,74)/t32-,38+,48+/m1/s1. The summed E-state index contributed by atoms with van der Waals surface area (Å²) < 4.78 is 6.11. The number of nitrogens with two attached hydrogens (primary N) is 1. The van der Waals surface area contributed by atoms with Crippen LogP contribution in [0.1, 0.15) is 67.1 Å². The number of likely N-dealkylation sites (N-methyl/N-ethyl adjacent to an activating group) is 1. The SMILES string of the molecule is CC(C)[C@H](NCC(=O)NCCNC(=O)CCCN1C(=O)C=CC1=O)C(=O)N[C@@H](CCCNC(N)=O)C(=O)N1CCc2c1ccc1[nH]c(C(=O)N3C[C@@H](CBr)c4c3cc(OC(=O)N3CCN(C)CC3)c3ccccc43)cc21. The molecule has 1 aromatic heterocycles. The van der Waals surface area contributed by atoms with Gasteiger partial charge in [-0.1, -0.05) is 54.0 Å². The Bertz CT molecular complexity index is 2930. The number of amides is 10. The number of anilines is 2. The molecule has 76 heavy (non-hydrogen) atoms. The lowest BCUT2D eigenvalue weighted by Crippen LogP contribution is -2.56. The molecular formula is C53H65BrN12O10. The molecule has 0 unspecified atom stereocenters. The van der Waals surface area contributed by atoms with Crippen LogP contribution in [0, 0.1) is 5.92 Å². The maximum atomic E-state index is 14.7. The number of hydrogen-bond donors (Lipinski definition) is 7. The molecule has 0 bridgehead atoms. The number of aromatic amines is 1. The number of H-pyrrole nitrogens is 1. The van der Waals surface area contributed by atoms with Gasteiger partial charge >= 0.3 is 12.1 Å². The van der Waals surface area contributed by atoms with Gasteiger partial charge in [-0.3, -0.25) is 43.8 Å². The number of hydrogen-bond acceptors (Lipinski definition) is 12. The van der Waals surface area contributed by atoms with E-state index in [9.17, 15) is 43.2 Å². The fourth-order valence-electron chi connectivity index (χ4n) is 10.2. The van der Waals surface area contributed by atoms with Crippen molar-refractivity contribution in [2.45, 2.75) is 64.0 Å². The third-order valence-corrected chi connectivity index (χ3v) is 15.0. The summed E-state index contributed by atoms with van der Waals surface area (Å²) >= 11 is 3.70. The predicted molar refractivity (Wildman–Crippen MR) is 288 cm³/mol. The largest absolute Gasteiger partial charge is 0.415 e. The highest BCUT2D eigenvalue weighted by molar-refractivity contribution is 9.09. The van der Waals surface area contributed by atoms with Crippen molar-refractivity contribution in [3.05, 3.63) is 77.5 Å². The molecule has 8 rings (SSSR count). The zero-order valence-electron chi connectivity index (χ0n) is 42.9. The number of ether oxygens (including phenoxy) is 1. The summed E-state index contributed by atoms with van der Waals surface area (Å²) in [5, 5.41) is 16.9. The van der Waals surface area contributed by atoms with E-state index in [2.05, 4.69) is 52.4 Å². The Morgan fingerprint density at radius 2 is 1.53 bits per heavy atom. The molecule has 8 N–H and O–H groups in total. The van der Waals surface area contributed by atoms with Crippen LogP contribution >= 0.6 is 15.9 Å². The zero-order chi connectivity index (χ0) is 54.2. The number of rotatable bonds is 21. The first-order chi connectivity index (χ1) is 36.5. The molecule has 10 amide bonds. The normalized spacial score (nSPS) is 17.0. The van der Waals surface area contributed by atoms with Crippen LogP contribution in [-0.4, -0.2) is 170 Å². The molecule has 1 fully saturated rings. The molecule has 404 valence electrons. The lowest BCUT2D eigenvalue weighted by molar-refractivity contribution is -0.137. The summed E-state index contributed by atoms with van der Waals surface area (Å²) in [4.78, 5) is 128. The van der Waals surface area contributed by atoms with Crippen LogP contribution in [0.4, 0.5) is 21.0 Å². The highest BCUT2D eigenvalue weighted by Crippen LogP contribution is 2.46. The smallest absolute Gasteiger partial charge is 0.409 e. The fraction of sp³-hybridized carbons (Fsp3) is 0.453. The number of aromatic nitrogens is 1. The quantitative estimate of drug-likeness (QED) is 0.0360. The molecule has 1 saturated heterocycles. The van der Waals surface area contributed by atoms with Crippen molar-refractivity contribution in [2.24, 2.45) is 11.7 Å². The van der Waals surface area contributed by atoms with Crippen molar-refractivity contribution in [3.8, 4) is 5.75 Å². The molecule has 4 aromatic rings. The second kappa shape index (κ2) is 24.5. The summed E-state index contributed by atoms with van der Waals surface area (Å²) in [5.41, 5.74) is 9.48. The minimum atomic E-state index is -1.03. The molecule has 3 atom stereocenters. The highest BCUT2D eigenvalue weighted by Gasteiger charge is 2.38. The Balaban J connectivity index is 0.921. The number of fused-ring (bicyclic) bond motifs is 6. The first-order valence-corrected chi connectivity index (χ1v) is 26.8. The zero-order valence-corrected chi connectivity index (χ0v) is 44.5. The second-order valence-electron chi connectivity index (χ2n) is 19.8. The van der Waals surface area contributed by atoms with E-state index in [0.717, 1.165) is 45.3 Å². The first-order valence-electron chi connectivity index (χ1n) is 25.7. The lowest BCUT2D eigenvalue weighted by Gasteiger charge is -2.31. The maximum Gasteiger partial charge on any atom is 0.415 e. The average molecular weight is 1110 g/mol. The van der Waals surface area contributed by atoms with Gasteiger partial charge in [0.05, 0.1) is 18.3 Å². The van der Waals surface area contributed by atoms with Gasteiger partial charge < -0.3 is 56.3 Å². The van der Waals surface area contributed by atoms with Crippen molar-refractivity contribution < 1.29 is 47.9 Å². The van der Waals surface area contributed by atoms with Crippen LogP contribution in [0.5, 0.6) is 5.75 Å². The van der Waals surface area contributed by atoms with Gasteiger partial charge in [-0.2, -0.15) is 0 Å². The van der Waals surface area contributed by atoms with E-state index in [4.69, 9.17) is 10.5 Å². The van der Waals surface area contributed by atoms with Gasteiger partial charge in [-0.25, -0.2) is 9.59 Å². The molecule has 0 radical (unpaired) electrons. The molecular weight excluding hydrogens is 1040 g/mol. The molecule has 0 spiro atoms. The number of primary amides is 1. The van der Waals surface area contributed by atoms with Gasteiger partial charge in [-0.15, -0.1) is 0 Å². The van der Waals surface area contributed by atoms with E-state index in [1.807, 2.05) is 49.5 Å². The number of piperazine rings is 1. The Labute approximate surface area is 447 Å².